The van der Waals surface area contributed by atoms with E-state index in [1.807, 2.05) is 6.07 Å². The van der Waals surface area contributed by atoms with Gasteiger partial charge in [0, 0.05) is 43.3 Å². The number of aliphatic hydroxyl groups is 1. The molecule has 2 rings (SSSR count). The van der Waals surface area contributed by atoms with Crippen LogP contribution in [-0.4, -0.2) is 42.8 Å². The van der Waals surface area contributed by atoms with Crippen molar-refractivity contribution < 1.29 is 9.50 Å². The Morgan fingerprint density at radius 3 is 2.58 bits per heavy atom. The summed E-state index contributed by atoms with van der Waals surface area (Å²) >= 11 is 3.32. The maximum atomic E-state index is 13.5. The van der Waals surface area contributed by atoms with Crippen molar-refractivity contribution in [3.63, 3.8) is 0 Å². The van der Waals surface area contributed by atoms with Gasteiger partial charge in [-0.05, 0) is 30.2 Å². The van der Waals surface area contributed by atoms with Crippen LogP contribution in [0.25, 0.3) is 0 Å². The van der Waals surface area contributed by atoms with E-state index in [1.165, 1.54) is 6.07 Å². The first-order valence-corrected chi connectivity index (χ1v) is 7.01. The molecular weight excluding hydrogens is 335 g/mol. The van der Waals surface area contributed by atoms with Gasteiger partial charge in [-0.25, -0.2) is 4.39 Å². The maximum Gasteiger partial charge on any atom is 0.124 e. The standard InChI is InChI=1S/C13H18BrFN2O.ClH/c14-11-7-10(8-12(15)9-11)13(1-6-18)17-4-2-16-3-5-17;/h7-9,13,16,18H,1-6H2;1H/t13-;/m0./s1. The van der Waals surface area contributed by atoms with Crippen molar-refractivity contribution in [1.82, 2.24) is 10.2 Å². The summed E-state index contributed by atoms with van der Waals surface area (Å²) in [6.45, 7) is 3.86. The molecule has 6 heteroatoms. The van der Waals surface area contributed by atoms with E-state index >= 15 is 0 Å². The highest BCUT2D eigenvalue weighted by Gasteiger charge is 2.22. The van der Waals surface area contributed by atoms with E-state index in [4.69, 9.17) is 0 Å². The minimum Gasteiger partial charge on any atom is -0.396 e. The van der Waals surface area contributed by atoms with Crippen LogP contribution < -0.4 is 5.32 Å². The van der Waals surface area contributed by atoms with Crippen molar-refractivity contribution in [3.05, 3.63) is 34.1 Å². The first kappa shape index (κ1) is 16.9. The van der Waals surface area contributed by atoms with E-state index in [-0.39, 0.29) is 30.9 Å². The molecule has 0 radical (unpaired) electrons. The molecule has 0 amide bonds. The molecule has 0 unspecified atom stereocenters. The number of aliphatic hydroxyl groups excluding tert-OH is 1. The van der Waals surface area contributed by atoms with Gasteiger partial charge in [0.05, 0.1) is 0 Å². The van der Waals surface area contributed by atoms with Gasteiger partial charge in [-0.15, -0.1) is 12.4 Å². The fourth-order valence-corrected chi connectivity index (χ4v) is 2.93. The van der Waals surface area contributed by atoms with Gasteiger partial charge in [0.25, 0.3) is 0 Å². The maximum absolute atomic E-state index is 13.5. The number of rotatable bonds is 4. The minimum atomic E-state index is -0.238. The Morgan fingerprint density at radius 1 is 1.32 bits per heavy atom. The molecular formula is C13H19BrClFN2O. The molecule has 1 heterocycles. The summed E-state index contributed by atoms with van der Waals surface area (Å²) < 4.78 is 14.2. The minimum absolute atomic E-state index is 0. The number of hydrogen-bond acceptors (Lipinski definition) is 3. The average Bonchev–Trinajstić information content (AvgIpc) is 2.36. The number of benzene rings is 1. The van der Waals surface area contributed by atoms with Gasteiger partial charge in [-0.2, -0.15) is 0 Å². The monoisotopic (exact) mass is 352 g/mol. The lowest BCUT2D eigenvalue weighted by Crippen LogP contribution is -2.45. The fraction of sp³-hybridized carbons (Fsp3) is 0.538. The zero-order chi connectivity index (χ0) is 13.0. The molecule has 0 aromatic heterocycles. The van der Waals surface area contributed by atoms with Gasteiger partial charge in [-0.1, -0.05) is 15.9 Å². The molecule has 1 aromatic carbocycles. The first-order chi connectivity index (χ1) is 8.70. The summed E-state index contributed by atoms with van der Waals surface area (Å²) in [7, 11) is 0. The molecule has 1 atom stereocenters. The van der Waals surface area contributed by atoms with E-state index in [9.17, 15) is 9.50 Å². The highest BCUT2D eigenvalue weighted by Crippen LogP contribution is 2.27. The summed E-state index contributed by atoms with van der Waals surface area (Å²) in [5.41, 5.74) is 0.929. The molecule has 0 spiro atoms. The molecule has 0 bridgehead atoms. The molecule has 108 valence electrons. The second kappa shape index (κ2) is 8.17. The zero-order valence-corrected chi connectivity index (χ0v) is 13.0. The van der Waals surface area contributed by atoms with Crippen molar-refractivity contribution in [2.75, 3.05) is 32.8 Å². The van der Waals surface area contributed by atoms with Crippen LogP contribution in [0.3, 0.4) is 0 Å². The van der Waals surface area contributed by atoms with E-state index < -0.39 is 0 Å². The van der Waals surface area contributed by atoms with E-state index in [2.05, 4.69) is 26.1 Å². The SMILES string of the molecule is Cl.OCC[C@@H](c1cc(F)cc(Br)c1)N1CCNCC1. The first-order valence-electron chi connectivity index (χ1n) is 6.22. The normalized spacial score (nSPS) is 17.8. The Kier molecular flexibility index (Phi) is 7.25. The smallest absolute Gasteiger partial charge is 0.124 e. The molecule has 1 aliphatic rings. The summed E-state index contributed by atoms with van der Waals surface area (Å²) in [5, 5.41) is 12.5. The molecule has 0 saturated carbocycles. The van der Waals surface area contributed by atoms with Crippen LogP contribution in [0.5, 0.6) is 0 Å². The van der Waals surface area contributed by atoms with Crippen molar-refractivity contribution in [1.29, 1.82) is 0 Å². The Bertz CT molecular complexity index is 382. The van der Waals surface area contributed by atoms with Crippen molar-refractivity contribution in [2.24, 2.45) is 0 Å². The topological polar surface area (TPSA) is 35.5 Å². The third-order valence-electron chi connectivity index (χ3n) is 3.26. The predicted octanol–water partition coefficient (Wildman–Crippen LogP) is 2.34. The largest absolute Gasteiger partial charge is 0.396 e. The van der Waals surface area contributed by atoms with E-state index in [1.54, 1.807) is 6.07 Å². The van der Waals surface area contributed by atoms with Crippen LogP contribution in [0.2, 0.25) is 0 Å². The zero-order valence-electron chi connectivity index (χ0n) is 10.6. The van der Waals surface area contributed by atoms with Crippen molar-refractivity contribution >= 4 is 28.3 Å². The molecule has 2 N–H and O–H groups in total. The van der Waals surface area contributed by atoms with Crippen LogP contribution in [0.1, 0.15) is 18.0 Å². The van der Waals surface area contributed by atoms with Gasteiger partial charge in [0.2, 0.25) is 0 Å². The highest BCUT2D eigenvalue weighted by atomic mass is 79.9. The number of nitrogens with zero attached hydrogens (tertiary/aromatic N) is 1. The number of nitrogens with one attached hydrogen (secondary N) is 1. The highest BCUT2D eigenvalue weighted by molar-refractivity contribution is 9.10. The molecule has 1 saturated heterocycles. The lowest BCUT2D eigenvalue weighted by Gasteiger charge is -2.35. The lowest BCUT2D eigenvalue weighted by molar-refractivity contribution is 0.141. The van der Waals surface area contributed by atoms with Crippen LogP contribution in [0.4, 0.5) is 4.39 Å². The van der Waals surface area contributed by atoms with Crippen LogP contribution in [0, 0.1) is 5.82 Å². The van der Waals surface area contributed by atoms with Gasteiger partial charge < -0.3 is 10.4 Å². The van der Waals surface area contributed by atoms with Gasteiger partial charge in [-0.3, -0.25) is 4.90 Å². The van der Waals surface area contributed by atoms with Gasteiger partial charge in [0.15, 0.2) is 0 Å². The van der Waals surface area contributed by atoms with Crippen LogP contribution >= 0.6 is 28.3 Å². The fourth-order valence-electron chi connectivity index (χ4n) is 2.44. The molecule has 1 aliphatic heterocycles. The Hall–Kier alpha value is -0.200. The Morgan fingerprint density at radius 2 is 2.00 bits per heavy atom. The third kappa shape index (κ3) is 4.68. The van der Waals surface area contributed by atoms with E-state index in [0.717, 1.165) is 36.2 Å². The van der Waals surface area contributed by atoms with Gasteiger partial charge in [0.1, 0.15) is 5.82 Å². The average molecular weight is 354 g/mol. The molecule has 1 aromatic rings. The second-order valence-electron chi connectivity index (χ2n) is 4.52. The molecule has 3 nitrogen and oxygen atoms in total. The summed E-state index contributed by atoms with van der Waals surface area (Å²) in [5.74, 6) is -0.238. The Balaban J connectivity index is 0.00000180. The Labute approximate surface area is 127 Å². The molecule has 1 fully saturated rings. The van der Waals surface area contributed by atoms with Crippen LogP contribution in [0.15, 0.2) is 22.7 Å². The molecule has 19 heavy (non-hydrogen) atoms. The van der Waals surface area contributed by atoms with Crippen molar-refractivity contribution in [2.45, 2.75) is 12.5 Å². The number of hydrogen-bond donors (Lipinski definition) is 2. The summed E-state index contributed by atoms with van der Waals surface area (Å²) in [4.78, 5) is 2.30. The predicted molar refractivity (Wildman–Crippen MR) is 80.2 cm³/mol. The number of halogens is 3. The van der Waals surface area contributed by atoms with Crippen LogP contribution in [-0.2, 0) is 0 Å². The summed E-state index contributed by atoms with van der Waals surface area (Å²) in [6, 6.07) is 5.04. The second-order valence-corrected chi connectivity index (χ2v) is 5.43. The number of piperazine rings is 1. The molecule has 0 aliphatic carbocycles. The quantitative estimate of drug-likeness (QED) is 0.872. The van der Waals surface area contributed by atoms with Gasteiger partial charge >= 0.3 is 0 Å². The third-order valence-corrected chi connectivity index (χ3v) is 3.72. The lowest BCUT2D eigenvalue weighted by atomic mass is 10.0. The van der Waals surface area contributed by atoms with Crippen molar-refractivity contribution in [3.8, 4) is 0 Å². The van der Waals surface area contributed by atoms with E-state index in [0.29, 0.717) is 6.42 Å². The summed E-state index contributed by atoms with van der Waals surface area (Å²) in [6.07, 6.45) is 0.635.